The number of hydrogen-bond donors (Lipinski definition) is 0. The molecule has 0 amide bonds. The highest BCUT2D eigenvalue weighted by atomic mass is 16.5. The minimum atomic E-state index is 0.668. The lowest BCUT2D eigenvalue weighted by Crippen LogP contribution is -1.91. The standard InChI is InChI=1S/C13H16O/c1-4-14-12(3)10-11(2)13-8-6-5-7-9-13/h5-9H,2-4,10H2,1H3. The van der Waals surface area contributed by atoms with E-state index in [-0.39, 0.29) is 0 Å². The van der Waals surface area contributed by atoms with Crippen molar-refractivity contribution in [2.75, 3.05) is 6.61 Å². The van der Waals surface area contributed by atoms with Crippen molar-refractivity contribution in [1.29, 1.82) is 0 Å². The predicted molar refractivity (Wildman–Crippen MR) is 60.9 cm³/mol. The fraction of sp³-hybridized carbons (Fsp3) is 0.231. The van der Waals surface area contributed by atoms with Crippen molar-refractivity contribution < 1.29 is 4.74 Å². The molecule has 0 fully saturated rings. The molecule has 1 nitrogen and oxygen atoms in total. The van der Waals surface area contributed by atoms with Crippen LogP contribution in [0.15, 0.2) is 49.2 Å². The van der Waals surface area contributed by atoms with Gasteiger partial charge in [0.1, 0.15) is 0 Å². The molecule has 0 radical (unpaired) electrons. The Morgan fingerprint density at radius 1 is 1.21 bits per heavy atom. The van der Waals surface area contributed by atoms with Crippen LogP contribution in [0.2, 0.25) is 0 Å². The Morgan fingerprint density at radius 2 is 1.86 bits per heavy atom. The summed E-state index contributed by atoms with van der Waals surface area (Å²) >= 11 is 0. The van der Waals surface area contributed by atoms with Gasteiger partial charge in [0.25, 0.3) is 0 Å². The Morgan fingerprint density at radius 3 is 2.43 bits per heavy atom. The molecular weight excluding hydrogens is 172 g/mol. The van der Waals surface area contributed by atoms with Crippen LogP contribution < -0.4 is 0 Å². The smallest absolute Gasteiger partial charge is 0.0931 e. The van der Waals surface area contributed by atoms with E-state index < -0.39 is 0 Å². The van der Waals surface area contributed by atoms with Crippen molar-refractivity contribution in [2.45, 2.75) is 13.3 Å². The molecule has 0 unspecified atom stereocenters. The molecule has 0 spiro atoms. The van der Waals surface area contributed by atoms with Gasteiger partial charge in [0, 0.05) is 6.42 Å². The SMILES string of the molecule is C=C(CC(=C)c1ccccc1)OCC. The lowest BCUT2D eigenvalue weighted by Gasteiger charge is -2.09. The molecular formula is C13H16O. The summed E-state index contributed by atoms with van der Waals surface area (Å²) in [6.45, 7) is 10.5. The van der Waals surface area contributed by atoms with Crippen LogP contribution in [0.1, 0.15) is 18.9 Å². The van der Waals surface area contributed by atoms with Crippen molar-refractivity contribution >= 4 is 5.57 Å². The molecule has 0 saturated carbocycles. The molecule has 0 aliphatic carbocycles. The van der Waals surface area contributed by atoms with E-state index >= 15 is 0 Å². The van der Waals surface area contributed by atoms with Gasteiger partial charge in [-0.25, -0.2) is 0 Å². The van der Waals surface area contributed by atoms with Gasteiger partial charge in [0.15, 0.2) is 0 Å². The minimum Gasteiger partial charge on any atom is -0.498 e. The molecule has 1 rings (SSSR count). The Hall–Kier alpha value is -1.50. The normalized spacial score (nSPS) is 9.50. The minimum absolute atomic E-state index is 0.668. The van der Waals surface area contributed by atoms with Crippen molar-refractivity contribution in [3.63, 3.8) is 0 Å². The fourth-order valence-corrected chi connectivity index (χ4v) is 1.27. The number of benzene rings is 1. The number of rotatable bonds is 5. The average molecular weight is 188 g/mol. The zero-order chi connectivity index (χ0) is 10.4. The van der Waals surface area contributed by atoms with E-state index in [2.05, 4.69) is 13.2 Å². The van der Waals surface area contributed by atoms with E-state index in [4.69, 9.17) is 4.74 Å². The third-order valence-electron chi connectivity index (χ3n) is 1.94. The maximum absolute atomic E-state index is 5.28. The molecule has 0 aromatic heterocycles. The summed E-state index contributed by atoms with van der Waals surface area (Å²) in [5, 5.41) is 0. The van der Waals surface area contributed by atoms with Crippen LogP contribution in [-0.2, 0) is 4.74 Å². The lowest BCUT2D eigenvalue weighted by atomic mass is 10.0. The quantitative estimate of drug-likeness (QED) is 0.641. The second-order valence-corrected chi connectivity index (χ2v) is 3.12. The molecule has 0 aliphatic rings. The predicted octanol–water partition coefficient (Wildman–Crippen LogP) is 3.64. The summed E-state index contributed by atoms with van der Waals surface area (Å²) < 4.78 is 5.28. The number of ether oxygens (including phenoxy) is 1. The Bertz CT molecular complexity index is 311. The largest absolute Gasteiger partial charge is 0.498 e. The second kappa shape index (κ2) is 5.28. The van der Waals surface area contributed by atoms with Crippen LogP contribution >= 0.6 is 0 Å². The van der Waals surface area contributed by atoms with E-state index in [1.807, 2.05) is 37.3 Å². The van der Waals surface area contributed by atoms with Crippen molar-refractivity contribution in [2.24, 2.45) is 0 Å². The fourth-order valence-electron chi connectivity index (χ4n) is 1.27. The Balaban J connectivity index is 2.55. The maximum Gasteiger partial charge on any atom is 0.0931 e. The van der Waals surface area contributed by atoms with Crippen molar-refractivity contribution in [3.05, 3.63) is 54.8 Å². The first-order valence-electron chi connectivity index (χ1n) is 4.77. The summed E-state index contributed by atoms with van der Waals surface area (Å²) in [6.07, 6.45) is 0.706. The van der Waals surface area contributed by atoms with Crippen LogP contribution in [-0.4, -0.2) is 6.61 Å². The molecule has 0 heterocycles. The van der Waals surface area contributed by atoms with E-state index in [0.717, 1.165) is 16.9 Å². The molecule has 0 saturated heterocycles. The van der Waals surface area contributed by atoms with Gasteiger partial charge < -0.3 is 4.74 Å². The molecule has 0 aliphatic heterocycles. The summed E-state index contributed by atoms with van der Waals surface area (Å²) in [5.74, 6) is 0.779. The van der Waals surface area contributed by atoms with E-state index in [1.165, 1.54) is 0 Å². The molecule has 1 aromatic rings. The molecule has 14 heavy (non-hydrogen) atoms. The van der Waals surface area contributed by atoms with Crippen LogP contribution in [0.3, 0.4) is 0 Å². The van der Waals surface area contributed by atoms with Crippen molar-refractivity contribution in [3.8, 4) is 0 Å². The molecule has 1 aromatic carbocycles. The maximum atomic E-state index is 5.28. The van der Waals surface area contributed by atoms with Gasteiger partial charge in [0.05, 0.1) is 12.4 Å². The molecule has 1 heteroatoms. The average Bonchev–Trinajstić information content (AvgIpc) is 2.19. The Kier molecular flexibility index (Phi) is 3.99. The first-order valence-corrected chi connectivity index (χ1v) is 4.77. The van der Waals surface area contributed by atoms with Gasteiger partial charge in [-0.1, -0.05) is 43.5 Å². The van der Waals surface area contributed by atoms with E-state index in [1.54, 1.807) is 0 Å². The first-order chi connectivity index (χ1) is 6.74. The first kappa shape index (κ1) is 10.6. The van der Waals surface area contributed by atoms with Crippen LogP contribution in [0.4, 0.5) is 0 Å². The van der Waals surface area contributed by atoms with Gasteiger partial charge in [-0.3, -0.25) is 0 Å². The molecule has 0 N–H and O–H groups in total. The third-order valence-corrected chi connectivity index (χ3v) is 1.94. The molecule has 74 valence electrons. The van der Waals surface area contributed by atoms with Gasteiger partial charge in [-0.2, -0.15) is 0 Å². The zero-order valence-corrected chi connectivity index (χ0v) is 8.62. The second-order valence-electron chi connectivity index (χ2n) is 3.12. The molecule has 0 bridgehead atoms. The summed E-state index contributed by atoms with van der Waals surface area (Å²) in [4.78, 5) is 0. The van der Waals surface area contributed by atoms with Crippen LogP contribution in [0.5, 0.6) is 0 Å². The van der Waals surface area contributed by atoms with Gasteiger partial charge in [0.2, 0.25) is 0 Å². The highest BCUT2D eigenvalue weighted by Crippen LogP contribution is 2.19. The Labute approximate surface area is 85.7 Å². The van der Waals surface area contributed by atoms with Gasteiger partial charge in [-0.05, 0) is 18.1 Å². The van der Waals surface area contributed by atoms with Crippen molar-refractivity contribution in [1.82, 2.24) is 0 Å². The monoisotopic (exact) mass is 188 g/mol. The van der Waals surface area contributed by atoms with Crippen LogP contribution in [0.25, 0.3) is 5.57 Å². The van der Waals surface area contributed by atoms with E-state index in [0.29, 0.717) is 13.0 Å². The highest BCUT2D eigenvalue weighted by molar-refractivity contribution is 5.64. The van der Waals surface area contributed by atoms with E-state index in [9.17, 15) is 0 Å². The number of hydrogen-bond acceptors (Lipinski definition) is 1. The summed E-state index contributed by atoms with van der Waals surface area (Å²) in [7, 11) is 0. The topological polar surface area (TPSA) is 9.23 Å². The lowest BCUT2D eigenvalue weighted by molar-refractivity contribution is 0.227. The summed E-state index contributed by atoms with van der Waals surface area (Å²) in [6, 6.07) is 10.1. The highest BCUT2D eigenvalue weighted by Gasteiger charge is 2.00. The van der Waals surface area contributed by atoms with Crippen LogP contribution in [0, 0.1) is 0 Å². The van der Waals surface area contributed by atoms with Gasteiger partial charge >= 0.3 is 0 Å². The number of allylic oxidation sites excluding steroid dienone is 1. The molecule has 0 atom stereocenters. The van der Waals surface area contributed by atoms with Gasteiger partial charge in [-0.15, -0.1) is 0 Å². The zero-order valence-electron chi connectivity index (χ0n) is 8.62. The summed E-state index contributed by atoms with van der Waals surface area (Å²) in [5.41, 5.74) is 2.19. The third kappa shape index (κ3) is 3.09.